The molecule has 1 saturated heterocycles. The molecule has 6 heteroatoms. The van der Waals surface area contributed by atoms with Gasteiger partial charge in [-0.3, -0.25) is 4.79 Å². The zero-order chi connectivity index (χ0) is 20.8. The topological polar surface area (TPSA) is 66.8 Å². The normalized spacial score (nSPS) is 19.9. The molecule has 1 amide bonds. The van der Waals surface area contributed by atoms with Crippen LogP contribution in [-0.2, 0) is 14.3 Å². The Morgan fingerprint density at radius 1 is 1.17 bits per heavy atom. The standard InChI is InChI=1S/C16H16ClNO4.C7H8/c17-12-5-3-11(4-6-12)13-9-22-14(7-15(19)20)16(21)18(13)8-10-1-2-10;1-7-5-3-2-4-6-7/h3-7,10,13H,1-2,8-9H2,(H,19,20);2-6H,1H3/b14-7-;. The minimum absolute atomic E-state index is 0.0987. The van der Waals surface area contributed by atoms with Crippen molar-refractivity contribution in [1.29, 1.82) is 0 Å². The molecule has 0 spiro atoms. The molecule has 1 unspecified atom stereocenters. The van der Waals surface area contributed by atoms with Gasteiger partial charge in [0.2, 0.25) is 0 Å². The van der Waals surface area contributed by atoms with Gasteiger partial charge in [0.1, 0.15) is 6.61 Å². The third-order valence-corrected chi connectivity index (χ3v) is 5.10. The fourth-order valence-corrected chi connectivity index (χ4v) is 3.23. The Balaban J connectivity index is 0.000000290. The molecule has 0 radical (unpaired) electrons. The van der Waals surface area contributed by atoms with E-state index in [2.05, 4.69) is 19.1 Å². The highest BCUT2D eigenvalue weighted by Crippen LogP contribution is 2.36. The number of nitrogens with zero attached hydrogens (tertiary/aromatic N) is 1. The van der Waals surface area contributed by atoms with Crippen molar-refractivity contribution in [3.63, 3.8) is 0 Å². The van der Waals surface area contributed by atoms with Gasteiger partial charge in [-0.25, -0.2) is 4.79 Å². The number of morpholine rings is 1. The predicted molar refractivity (Wildman–Crippen MR) is 111 cm³/mol. The number of carboxylic acid groups (broad SMARTS) is 1. The number of carbonyl (C=O) groups is 2. The van der Waals surface area contributed by atoms with Crippen LogP contribution in [0.4, 0.5) is 0 Å². The van der Waals surface area contributed by atoms with Crippen LogP contribution in [0.1, 0.15) is 30.0 Å². The van der Waals surface area contributed by atoms with E-state index in [9.17, 15) is 9.59 Å². The Bertz CT molecular complexity index is 876. The van der Waals surface area contributed by atoms with E-state index in [-0.39, 0.29) is 24.3 Å². The summed E-state index contributed by atoms with van der Waals surface area (Å²) in [5, 5.41) is 9.47. The summed E-state index contributed by atoms with van der Waals surface area (Å²) in [5.41, 5.74) is 2.26. The number of rotatable bonds is 4. The largest absolute Gasteiger partial charge is 0.485 e. The van der Waals surface area contributed by atoms with Crippen LogP contribution in [0.15, 0.2) is 66.4 Å². The molecule has 2 fully saturated rings. The Kier molecular flexibility index (Phi) is 6.94. The zero-order valence-corrected chi connectivity index (χ0v) is 17.0. The summed E-state index contributed by atoms with van der Waals surface area (Å²) >= 11 is 5.90. The SMILES string of the molecule is Cc1ccccc1.O=C(O)/C=C1\OCC(c2ccc(Cl)cc2)N(CC2CC2)C1=O. The first kappa shape index (κ1) is 20.9. The quantitative estimate of drug-likeness (QED) is 0.743. The Labute approximate surface area is 175 Å². The molecule has 2 aromatic rings. The van der Waals surface area contributed by atoms with Crippen LogP contribution in [0.3, 0.4) is 0 Å². The lowest BCUT2D eigenvalue weighted by atomic mass is 10.0. The summed E-state index contributed by atoms with van der Waals surface area (Å²) in [6.45, 7) is 2.96. The van der Waals surface area contributed by atoms with Crippen molar-refractivity contribution in [1.82, 2.24) is 4.90 Å². The van der Waals surface area contributed by atoms with E-state index in [1.165, 1.54) is 5.56 Å². The lowest BCUT2D eigenvalue weighted by Crippen LogP contribution is -2.44. The van der Waals surface area contributed by atoms with Crippen molar-refractivity contribution in [2.45, 2.75) is 25.8 Å². The molecule has 0 bridgehead atoms. The molecule has 4 rings (SSSR count). The summed E-state index contributed by atoms with van der Waals surface area (Å²) in [7, 11) is 0. The summed E-state index contributed by atoms with van der Waals surface area (Å²) < 4.78 is 5.39. The molecule has 1 aliphatic heterocycles. The van der Waals surface area contributed by atoms with Crippen LogP contribution in [0.25, 0.3) is 0 Å². The number of aryl methyl sites for hydroxylation is 1. The molecule has 1 aliphatic carbocycles. The zero-order valence-electron chi connectivity index (χ0n) is 16.3. The average molecular weight is 414 g/mol. The monoisotopic (exact) mass is 413 g/mol. The van der Waals surface area contributed by atoms with Crippen molar-refractivity contribution in [2.24, 2.45) is 5.92 Å². The highest BCUT2D eigenvalue weighted by Gasteiger charge is 2.37. The Morgan fingerprint density at radius 3 is 2.34 bits per heavy atom. The summed E-state index contributed by atoms with van der Waals surface area (Å²) in [5.74, 6) is -1.14. The van der Waals surface area contributed by atoms with Crippen molar-refractivity contribution in [2.75, 3.05) is 13.2 Å². The number of amides is 1. The van der Waals surface area contributed by atoms with Crippen LogP contribution in [0.5, 0.6) is 0 Å². The molecule has 1 N–H and O–H groups in total. The first-order valence-corrected chi connectivity index (χ1v) is 9.97. The maximum Gasteiger partial charge on any atom is 0.332 e. The molecule has 5 nitrogen and oxygen atoms in total. The number of hydrogen-bond acceptors (Lipinski definition) is 3. The number of aliphatic carboxylic acids is 1. The van der Waals surface area contributed by atoms with Crippen molar-refractivity contribution < 1.29 is 19.4 Å². The smallest absolute Gasteiger partial charge is 0.332 e. The van der Waals surface area contributed by atoms with E-state index < -0.39 is 5.97 Å². The number of carboxylic acids is 1. The van der Waals surface area contributed by atoms with Gasteiger partial charge in [0.25, 0.3) is 5.91 Å². The first-order chi connectivity index (χ1) is 13.9. The van der Waals surface area contributed by atoms with E-state index in [0.29, 0.717) is 17.5 Å². The molecule has 1 saturated carbocycles. The second-order valence-corrected chi connectivity index (χ2v) is 7.72. The Hall–Kier alpha value is -2.79. The number of carbonyl (C=O) groups excluding carboxylic acids is 1. The van der Waals surface area contributed by atoms with E-state index in [1.54, 1.807) is 17.0 Å². The van der Waals surface area contributed by atoms with E-state index in [1.807, 2.05) is 30.3 Å². The minimum atomic E-state index is -1.18. The molecule has 1 atom stereocenters. The van der Waals surface area contributed by atoms with Crippen LogP contribution in [0, 0.1) is 12.8 Å². The van der Waals surface area contributed by atoms with Crippen LogP contribution < -0.4 is 0 Å². The third kappa shape index (κ3) is 6.09. The number of benzene rings is 2. The van der Waals surface area contributed by atoms with Gasteiger partial charge in [0, 0.05) is 11.6 Å². The molecule has 152 valence electrons. The average Bonchev–Trinajstić information content (AvgIpc) is 3.51. The van der Waals surface area contributed by atoms with Gasteiger partial charge in [0.15, 0.2) is 5.76 Å². The molecule has 2 aromatic carbocycles. The van der Waals surface area contributed by atoms with Gasteiger partial charge in [-0.1, -0.05) is 59.6 Å². The fourth-order valence-electron chi connectivity index (χ4n) is 3.10. The van der Waals surface area contributed by atoms with E-state index in [0.717, 1.165) is 24.5 Å². The predicted octanol–water partition coefficient (Wildman–Crippen LogP) is 4.61. The lowest BCUT2D eigenvalue weighted by molar-refractivity contribution is -0.142. The number of halogens is 1. The van der Waals surface area contributed by atoms with Gasteiger partial charge >= 0.3 is 5.97 Å². The Morgan fingerprint density at radius 2 is 1.83 bits per heavy atom. The maximum absolute atomic E-state index is 12.5. The van der Waals surface area contributed by atoms with Crippen molar-refractivity contribution in [3.05, 3.63) is 82.6 Å². The molecule has 0 aromatic heterocycles. The summed E-state index contributed by atoms with van der Waals surface area (Å²) in [6, 6.07) is 17.3. The second-order valence-electron chi connectivity index (χ2n) is 7.28. The van der Waals surface area contributed by atoms with E-state index in [4.69, 9.17) is 21.4 Å². The van der Waals surface area contributed by atoms with Gasteiger partial charge in [0.05, 0.1) is 12.1 Å². The molecular formula is C23H24ClNO4. The van der Waals surface area contributed by atoms with Crippen LogP contribution >= 0.6 is 11.6 Å². The van der Waals surface area contributed by atoms with Gasteiger partial charge in [-0.2, -0.15) is 0 Å². The molecule has 29 heavy (non-hydrogen) atoms. The lowest BCUT2D eigenvalue weighted by Gasteiger charge is -2.37. The first-order valence-electron chi connectivity index (χ1n) is 9.59. The number of hydrogen-bond donors (Lipinski definition) is 1. The van der Waals surface area contributed by atoms with Crippen molar-refractivity contribution in [3.8, 4) is 0 Å². The van der Waals surface area contributed by atoms with Gasteiger partial charge in [-0.05, 0) is 43.4 Å². The maximum atomic E-state index is 12.5. The second kappa shape index (κ2) is 9.61. The molecular weight excluding hydrogens is 390 g/mol. The van der Waals surface area contributed by atoms with Gasteiger partial charge in [-0.15, -0.1) is 0 Å². The summed E-state index contributed by atoms with van der Waals surface area (Å²) in [6.07, 6.45) is 3.05. The van der Waals surface area contributed by atoms with Crippen LogP contribution in [0.2, 0.25) is 5.02 Å². The van der Waals surface area contributed by atoms with E-state index >= 15 is 0 Å². The van der Waals surface area contributed by atoms with Gasteiger partial charge < -0.3 is 14.7 Å². The fraction of sp³-hybridized carbons (Fsp3) is 0.304. The van der Waals surface area contributed by atoms with Crippen LogP contribution in [-0.4, -0.2) is 35.0 Å². The minimum Gasteiger partial charge on any atom is -0.485 e. The number of ether oxygens (including phenoxy) is 1. The molecule has 1 heterocycles. The molecule has 2 aliphatic rings. The van der Waals surface area contributed by atoms with Crippen molar-refractivity contribution >= 4 is 23.5 Å². The summed E-state index contributed by atoms with van der Waals surface area (Å²) in [4.78, 5) is 25.0. The highest BCUT2D eigenvalue weighted by molar-refractivity contribution is 6.30. The third-order valence-electron chi connectivity index (χ3n) is 4.85. The highest BCUT2D eigenvalue weighted by atomic mass is 35.5.